The highest BCUT2D eigenvalue weighted by atomic mass is 15.3. The van der Waals surface area contributed by atoms with Gasteiger partial charge >= 0.3 is 0 Å². The van der Waals surface area contributed by atoms with E-state index in [-0.39, 0.29) is 0 Å². The van der Waals surface area contributed by atoms with Gasteiger partial charge < -0.3 is 4.90 Å². The van der Waals surface area contributed by atoms with Gasteiger partial charge in [-0.15, -0.1) is 0 Å². The second kappa shape index (κ2) is 13.9. The van der Waals surface area contributed by atoms with Crippen LogP contribution in [0.3, 0.4) is 0 Å². The van der Waals surface area contributed by atoms with E-state index >= 15 is 0 Å². The minimum absolute atomic E-state index is 0.605. The summed E-state index contributed by atoms with van der Waals surface area (Å²) in [5, 5.41) is 0. The van der Waals surface area contributed by atoms with Crippen LogP contribution < -0.4 is 9.80 Å². The molecule has 0 atom stereocenters. The fourth-order valence-corrected chi connectivity index (χ4v) is 7.28. The van der Waals surface area contributed by atoms with Crippen LogP contribution in [0.15, 0.2) is 146 Å². The third-order valence-electron chi connectivity index (χ3n) is 9.26. The number of anilines is 6. The summed E-state index contributed by atoms with van der Waals surface area (Å²) >= 11 is 0. The van der Waals surface area contributed by atoms with Gasteiger partial charge in [0.25, 0.3) is 0 Å². The molecule has 4 heteroatoms. The number of hydrogen-bond acceptors (Lipinski definition) is 4. The second-order valence-electron chi connectivity index (χ2n) is 13.2. The Hall–Kier alpha value is -6.00. The van der Waals surface area contributed by atoms with Crippen LogP contribution in [0.4, 0.5) is 34.4 Å². The van der Waals surface area contributed by atoms with Crippen LogP contribution in [-0.4, -0.2) is 9.97 Å². The molecule has 50 heavy (non-hydrogen) atoms. The summed E-state index contributed by atoms with van der Waals surface area (Å²) in [6.07, 6.45) is 3.83. The van der Waals surface area contributed by atoms with Gasteiger partial charge in [-0.05, 0) is 105 Å². The van der Waals surface area contributed by atoms with Crippen LogP contribution in [0.1, 0.15) is 33.4 Å². The lowest BCUT2D eigenvalue weighted by atomic mass is 9.98. The summed E-state index contributed by atoms with van der Waals surface area (Å²) in [5.41, 5.74) is 17.3. The van der Waals surface area contributed by atoms with Gasteiger partial charge in [-0.1, -0.05) is 114 Å². The Kier molecular flexibility index (Phi) is 9.02. The first-order valence-electron chi connectivity index (χ1n) is 17.2. The predicted octanol–water partition coefficient (Wildman–Crippen LogP) is 12.6. The van der Waals surface area contributed by atoms with Crippen molar-refractivity contribution < 1.29 is 0 Å². The van der Waals surface area contributed by atoms with Crippen molar-refractivity contribution in [2.45, 2.75) is 41.5 Å². The van der Waals surface area contributed by atoms with Crippen LogP contribution >= 0.6 is 0 Å². The molecule has 0 radical (unpaired) electrons. The van der Waals surface area contributed by atoms with Crippen LogP contribution in [-0.2, 0) is 0 Å². The number of para-hydroxylation sites is 1. The van der Waals surface area contributed by atoms with Crippen molar-refractivity contribution in [3.8, 4) is 22.3 Å². The van der Waals surface area contributed by atoms with E-state index in [9.17, 15) is 0 Å². The molecule has 0 fully saturated rings. The van der Waals surface area contributed by atoms with Crippen molar-refractivity contribution in [1.29, 1.82) is 0 Å². The lowest BCUT2D eigenvalue weighted by Crippen LogP contribution is -2.17. The molecule has 1 heterocycles. The number of hydrogen-bond donors (Lipinski definition) is 0. The molecule has 4 nitrogen and oxygen atoms in total. The van der Waals surface area contributed by atoms with E-state index in [1.807, 2.05) is 30.6 Å². The van der Waals surface area contributed by atoms with Crippen molar-refractivity contribution in [3.63, 3.8) is 0 Å². The van der Waals surface area contributed by atoms with Crippen LogP contribution in [0, 0.1) is 41.5 Å². The monoisotopic (exact) mass is 650 g/mol. The van der Waals surface area contributed by atoms with Gasteiger partial charge in [-0.25, -0.2) is 9.97 Å². The zero-order chi connectivity index (χ0) is 34.8. The summed E-state index contributed by atoms with van der Waals surface area (Å²) < 4.78 is 0. The predicted molar refractivity (Wildman–Crippen MR) is 211 cm³/mol. The molecular weight excluding hydrogens is 609 g/mol. The summed E-state index contributed by atoms with van der Waals surface area (Å²) in [4.78, 5) is 14.5. The maximum atomic E-state index is 4.96. The molecule has 6 aromatic carbocycles. The normalized spacial score (nSPS) is 11.0. The van der Waals surface area contributed by atoms with Gasteiger partial charge in [-0.2, -0.15) is 0 Å². The molecule has 1 aromatic heterocycles. The summed E-state index contributed by atoms with van der Waals surface area (Å²) in [6.45, 7) is 13.2. The fourth-order valence-electron chi connectivity index (χ4n) is 7.28. The van der Waals surface area contributed by atoms with Crippen LogP contribution in [0.25, 0.3) is 22.3 Å². The molecule has 246 valence electrons. The van der Waals surface area contributed by atoms with Crippen molar-refractivity contribution in [3.05, 3.63) is 179 Å². The molecule has 0 bridgehead atoms. The van der Waals surface area contributed by atoms with Gasteiger partial charge in [0.15, 0.2) is 0 Å². The molecule has 7 rings (SSSR count). The van der Waals surface area contributed by atoms with E-state index in [4.69, 9.17) is 9.97 Å². The number of rotatable bonds is 8. The minimum Gasteiger partial charge on any atom is -0.309 e. The molecule has 0 N–H and O–H groups in total. The minimum atomic E-state index is 0.605. The van der Waals surface area contributed by atoms with E-state index in [0.717, 1.165) is 39.3 Å². The van der Waals surface area contributed by atoms with Crippen LogP contribution in [0.5, 0.6) is 0 Å². The average Bonchev–Trinajstić information content (AvgIpc) is 3.12. The Morgan fingerprint density at radius 1 is 0.400 bits per heavy atom. The first-order chi connectivity index (χ1) is 24.3. The fraction of sp³-hybridized carbons (Fsp3) is 0.130. The molecule has 0 saturated heterocycles. The lowest BCUT2D eigenvalue weighted by Gasteiger charge is -2.32. The first-order valence-corrected chi connectivity index (χ1v) is 17.2. The van der Waals surface area contributed by atoms with Gasteiger partial charge in [-0.3, -0.25) is 4.90 Å². The van der Waals surface area contributed by atoms with E-state index in [2.05, 4.69) is 167 Å². The second-order valence-corrected chi connectivity index (χ2v) is 13.2. The van der Waals surface area contributed by atoms with Crippen molar-refractivity contribution in [1.82, 2.24) is 9.97 Å². The van der Waals surface area contributed by atoms with Gasteiger partial charge in [0.05, 0.1) is 17.1 Å². The Morgan fingerprint density at radius 3 is 1.32 bits per heavy atom. The van der Waals surface area contributed by atoms with Crippen LogP contribution in [0.2, 0.25) is 0 Å². The molecule has 0 aliphatic heterocycles. The quantitative estimate of drug-likeness (QED) is 0.164. The Balaban J connectivity index is 1.39. The van der Waals surface area contributed by atoms with E-state index < -0.39 is 0 Å². The first kappa shape index (κ1) is 32.5. The van der Waals surface area contributed by atoms with Gasteiger partial charge in [0.1, 0.15) is 0 Å². The van der Waals surface area contributed by atoms with Gasteiger partial charge in [0, 0.05) is 34.9 Å². The van der Waals surface area contributed by atoms with E-state index in [0.29, 0.717) is 5.95 Å². The molecule has 0 amide bonds. The summed E-state index contributed by atoms with van der Waals surface area (Å²) in [7, 11) is 0. The van der Waals surface area contributed by atoms with E-state index in [1.54, 1.807) is 0 Å². The molecule has 0 spiro atoms. The standard InChI is InChI=1S/C46H42N4/c1-31-25-33(3)44(34(4)26-31)50(45-35(5)27-32(2)28-36(45)6)41-23-21-40(22-24-41)49(43-20-14-13-19-42(43)38-17-11-8-12-18-38)46-47-29-39(30-48-46)37-15-9-7-10-16-37/h7-30H,1-6H3. The highest BCUT2D eigenvalue weighted by Crippen LogP contribution is 2.45. The maximum absolute atomic E-state index is 4.96. The topological polar surface area (TPSA) is 32.3 Å². The third-order valence-corrected chi connectivity index (χ3v) is 9.26. The summed E-state index contributed by atoms with van der Waals surface area (Å²) in [5.74, 6) is 0.605. The van der Waals surface area contributed by atoms with Gasteiger partial charge in [0.2, 0.25) is 5.95 Å². The smallest absolute Gasteiger partial charge is 0.234 e. The molecule has 0 aliphatic carbocycles. The average molecular weight is 651 g/mol. The maximum Gasteiger partial charge on any atom is 0.234 e. The Labute approximate surface area is 296 Å². The highest BCUT2D eigenvalue weighted by Gasteiger charge is 2.23. The SMILES string of the molecule is Cc1cc(C)c(N(c2ccc(N(c3ncc(-c4ccccc4)cn3)c3ccccc3-c3ccccc3)cc2)c2c(C)cc(C)cc2C)c(C)c1. The van der Waals surface area contributed by atoms with Crippen molar-refractivity contribution in [2.75, 3.05) is 9.80 Å². The van der Waals surface area contributed by atoms with Crippen molar-refractivity contribution >= 4 is 34.4 Å². The van der Waals surface area contributed by atoms with Crippen molar-refractivity contribution in [2.24, 2.45) is 0 Å². The number of aryl methyl sites for hydroxylation is 6. The number of benzene rings is 6. The summed E-state index contributed by atoms with van der Waals surface area (Å²) in [6, 6.07) is 47.2. The highest BCUT2D eigenvalue weighted by molar-refractivity contribution is 5.88. The lowest BCUT2D eigenvalue weighted by molar-refractivity contribution is 1.08. The zero-order valence-corrected chi connectivity index (χ0v) is 29.6. The largest absolute Gasteiger partial charge is 0.309 e. The Morgan fingerprint density at radius 2 is 0.820 bits per heavy atom. The third kappa shape index (κ3) is 6.40. The Bertz CT molecular complexity index is 2150. The molecule has 7 aromatic rings. The molecule has 0 unspecified atom stereocenters. The number of aromatic nitrogens is 2. The molecule has 0 saturated carbocycles. The van der Waals surface area contributed by atoms with E-state index in [1.165, 1.54) is 44.8 Å². The molecule has 0 aliphatic rings. The molecular formula is C46H42N4. The number of nitrogens with zero attached hydrogens (tertiary/aromatic N) is 4. The zero-order valence-electron chi connectivity index (χ0n) is 29.6.